The zero-order valence-corrected chi connectivity index (χ0v) is 12.1. The molecule has 0 radical (unpaired) electrons. The molecule has 1 heterocycles. The number of hydrogen-bond donors (Lipinski definition) is 1. The summed E-state index contributed by atoms with van der Waals surface area (Å²) in [5, 5.41) is 5.39. The number of nitrogens with two attached hydrogens (primary N) is 1. The molecule has 3 nitrogen and oxygen atoms in total. The van der Waals surface area contributed by atoms with Gasteiger partial charge in [-0.2, -0.15) is 5.10 Å². The Kier molecular flexibility index (Phi) is 5.02. The molecule has 1 aromatic heterocycles. The molecule has 1 aromatic rings. The lowest BCUT2D eigenvalue weighted by atomic mass is 9.84. The van der Waals surface area contributed by atoms with Crippen molar-refractivity contribution in [3.8, 4) is 0 Å². The monoisotopic (exact) mass is 257 g/mol. The van der Waals surface area contributed by atoms with Crippen LogP contribution >= 0.6 is 11.6 Å². The van der Waals surface area contributed by atoms with Crippen molar-refractivity contribution in [3.63, 3.8) is 0 Å². The highest BCUT2D eigenvalue weighted by Crippen LogP contribution is 2.31. The number of aryl methyl sites for hydroxylation is 2. The fourth-order valence-corrected chi connectivity index (χ4v) is 2.45. The predicted octanol–water partition coefficient (Wildman–Crippen LogP) is 3.04. The van der Waals surface area contributed by atoms with Gasteiger partial charge in [-0.05, 0) is 38.1 Å². The Morgan fingerprint density at radius 2 is 2.00 bits per heavy atom. The van der Waals surface area contributed by atoms with E-state index in [0.717, 1.165) is 42.2 Å². The number of hydrogen-bond acceptors (Lipinski definition) is 2. The molecular weight excluding hydrogens is 234 g/mol. The molecule has 2 N–H and O–H groups in total. The van der Waals surface area contributed by atoms with Crippen LogP contribution < -0.4 is 5.73 Å². The van der Waals surface area contributed by atoms with Gasteiger partial charge in [-0.3, -0.25) is 4.68 Å². The Morgan fingerprint density at radius 3 is 2.47 bits per heavy atom. The molecule has 0 spiro atoms. The lowest BCUT2D eigenvalue weighted by Gasteiger charge is -2.24. The zero-order valence-electron chi connectivity index (χ0n) is 11.4. The van der Waals surface area contributed by atoms with Crippen molar-refractivity contribution in [2.75, 3.05) is 6.54 Å². The van der Waals surface area contributed by atoms with E-state index in [1.165, 1.54) is 0 Å². The minimum Gasteiger partial charge on any atom is -0.330 e. The topological polar surface area (TPSA) is 43.8 Å². The minimum atomic E-state index is 0.177. The molecule has 17 heavy (non-hydrogen) atoms. The summed E-state index contributed by atoms with van der Waals surface area (Å²) in [7, 11) is 0. The van der Waals surface area contributed by atoms with E-state index in [4.69, 9.17) is 17.3 Å². The molecule has 0 saturated heterocycles. The smallest absolute Gasteiger partial charge is 0.0850 e. The summed E-state index contributed by atoms with van der Waals surface area (Å²) in [6, 6.07) is 0. The Balaban J connectivity index is 3.00. The van der Waals surface area contributed by atoms with E-state index < -0.39 is 0 Å². The van der Waals surface area contributed by atoms with Crippen molar-refractivity contribution >= 4 is 11.6 Å². The van der Waals surface area contributed by atoms with Gasteiger partial charge >= 0.3 is 0 Å². The average molecular weight is 258 g/mol. The predicted molar refractivity (Wildman–Crippen MR) is 73.4 cm³/mol. The zero-order chi connectivity index (χ0) is 13.1. The Bertz CT molecular complexity index is 369. The Hall–Kier alpha value is -0.540. The molecule has 0 fully saturated rings. The largest absolute Gasteiger partial charge is 0.330 e. The maximum atomic E-state index is 6.40. The van der Waals surface area contributed by atoms with E-state index in [-0.39, 0.29) is 5.41 Å². The van der Waals surface area contributed by atoms with E-state index in [9.17, 15) is 0 Å². The first-order valence-corrected chi connectivity index (χ1v) is 6.77. The van der Waals surface area contributed by atoms with Gasteiger partial charge in [0, 0.05) is 6.54 Å². The van der Waals surface area contributed by atoms with Gasteiger partial charge in [0.15, 0.2) is 0 Å². The van der Waals surface area contributed by atoms with Gasteiger partial charge in [0.05, 0.1) is 16.4 Å². The molecule has 1 rings (SSSR count). The van der Waals surface area contributed by atoms with Gasteiger partial charge in [-0.15, -0.1) is 0 Å². The third-order valence-corrected chi connectivity index (χ3v) is 3.60. The number of aromatic nitrogens is 2. The molecule has 0 amide bonds. The van der Waals surface area contributed by atoms with Crippen LogP contribution in [0.25, 0.3) is 0 Å². The van der Waals surface area contributed by atoms with Crippen molar-refractivity contribution in [1.29, 1.82) is 0 Å². The third-order valence-electron chi connectivity index (χ3n) is 3.16. The molecule has 0 aliphatic rings. The van der Waals surface area contributed by atoms with Gasteiger partial charge in [0.1, 0.15) is 0 Å². The first kappa shape index (κ1) is 14.5. The molecule has 0 aromatic carbocycles. The minimum absolute atomic E-state index is 0.177. The molecule has 0 aliphatic carbocycles. The van der Waals surface area contributed by atoms with Crippen LogP contribution in [0.4, 0.5) is 0 Å². The van der Waals surface area contributed by atoms with Crippen LogP contribution in [0.2, 0.25) is 5.02 Å². The van der Waals surface area contributed by atoms with Gasteiger partial charge in [0.25, 0.3) is 0 Å². The van der Waals surface area contributed by atoms with E-state index in [1.807, 2.05) is 4.68 Å². The number of rotatable bonds is 6. The number of halogens is 1. The highest BCUT2D eigenvalue weighted by Gasteiger charge is 2.23. The van der Waals surface area contributed by atoms with Crippen LogP contribution in [-0.2, 0) is 19.4 Å². The third kappa shape index (κ3) is 3.46. The van der Waals surface area contributed by atoms with Gasteiger partial charge < -0.3 is 5.73 Å². The van der Waals surface area contributed by atoms with Crippen LogP contribution in [0.5, 0.6) is 0 Å². The molecule has 0 bridgehead atoms. The van der Waals surface area contributed by atoms with Crippen molar-refractivity contribution in [1.82, 2.24) is 9.78 Å². The molecule has 4 heteroatoms. The van der Waals surface area contributed by atoms with Gasteiger partial charge in [-0.25, -0.2) is 0 Å². The summed E-state index contributed by atoms with van der Waals surface area (Å²) in [6.45, 7) is 10.2. The van der Waals surface area contributed by atoms with Crippen molar-refractivity contribution in [3.05, 3.63) is 16.4 Å². The van der Waals surface area contributed by atoms with Crippen molar-refractivity contribution in [2.24, 2.45) is 11.1 Å². The van der Waals surface area contributed by atoms with Crippen molar-refractivity contribution < 1.29 is 0 Å². The summed E-state index contributed by atoms with van der Waals surface area (Å²) in [5.41, 5.74) is 7.99. The lowest BCUT2D eigenvalue weighted by molar-refractivity contribution is 0.328. The van der Waals surface area contributed by atoms with Gasteiger partial charge in [-0.1, -0.05) is 32.4 Å². The summed E-state index contributed by atoms with van der Waals surface area (Å²) >= 11 is 6.40. The second kappa shape index (κ2) is 5.87. The van der Waals surface area contributed by atoms with E-state index in [0.29, 0.717) is 6.54 Å². The van der Waals surface area contributed by atoms with Crippen LogP contribution in [0.3, 0.4) is 0 Å². The molecular formula is C13H24ClN3. The van der Waals surface area contributed by atoms with Crippen LogP contribution in [0.1, 0.15) is 45.5 Å². The fraction of sp³-hybridized carbons (Fsp3) is 0.769. The maximum absolute atomic E-state index is 6.40. The Morgan fingerprint density at radius 1 is 1.35 bits per heavy atom. The average Bonchev–Trinajstić information content (AvgIpc) is 2.55. The number of nitrogens with zero attached hydrogens (tertiary/aromatic N) is 2. The highest BCUT2D eigenvalue weighted by atomic mass is 35.5. The second-order valence-corrected chi connectivity index (χ2v) is 5.63. The normalized spacial score (nSPS) is 12.1. The summed E-state index contributed by atoms with van der Waals surface area (Å²) in [4.78, 5) is 0. The van der Waals surface area contributed by atoms with E-state index in [1.54, 1.807) is 0 Å². The first-order valence-electron chi connectivity index (χ1n) is 6.39. The molecule has 0 unspecified atom stereocenters. The van der Waals surface area contributed by atoms with Crippen LogP contribution in [0, 0.1) is 5.41 Å². The summed E-state index contributed by atoms with van der Waals surface area (Å²) in [5.74, 6) is 0. The molecule has 0 saturated carbocycles. The second-order valence-electron chi connectivity index (χ2n) is 5.26. The lowest BCUT2D eigenvalue weighted by Crippen LogP contribution is -2.21. The Labute approximate surface area is 109 Å². The molecule has 0 aliphatic heterocycles. The fourth-order valence-electron chi connectivity index (χ4n) is 2.12. The summed E-state index contributed by atoms with van der Waals surface area (Å²) < 4.78 is 2.03. The van der Waals surface area contributed by atoms with E-state index in [2.05, 4.69) is 32.8 Å². The van der Waals surface area contributed by atoms with Crippen LogP contribution in [-0.4, -0.2) is 16.3 Å². The highest BCUT2D eigenvalue weighted by molar-refractivity contribution is 6.31. The van der Waals surface area contributed by atoms with Crippen LogP contribution in [0.15, 0.2) is 0 Å². The SMILES string of the molecule is CCc1nn(CC)c(CC(C)(C)CCN)c1Cl. The van der Waals surface area contributed by atoms with Crippen molar-refractivity contribution in [2.45, 2.75) is 53.5 Å². The maximum Gasteiger partial charge on any atom is 0.0850 e. The quantitative estimate of drug-likeness (QED) is 0.851. The standard InChI is InChI=1S/C13H24ClN3/c1-5-10-12(14)11(17(6-2)16-10)9-13(3,4)7-8-15/h5-9,15H2,1-4H3. The first-order chi connectivity index (χ1) is 7.95. The van der Waals surface area contributed by atoms with Gasteiger partial charge in [0.2, 0.25) is 0 Å². The molecule has 0 atom stereocenters. The van der Waals surface area contributed by atoms with E-state index >= 15 is 0 Å². The molecule has 98 valence electrons. The summed E-state index contributed by atoms with van der Waals surface area (Å²) in [6.07, 6.45) is 2.82.